The molecular weight excluding hydrogens is 314 g/mol. The van der Waals surface area contributed by atoms with Crippen molar-refractivity contribution in [2.45, 2.75) is 12.8 Å². The molecule has 1 aromatic heterocycles. The van der Waals surface area contributed by atoms with Crippen molar-refractivity contribution in [3.8, 4) is 5.75 Å². The first-order valence-electron chi connectivity index (χ1n) is 8.14. The number of aromatic hydroxyl groups is 1. The number of phenolic OH excluding ortho intramolecular Hbond substituents is 1. The number of rotatable bonds is 4. The van der Waals surface area contributed by atoms with Gasteiger partial charge in [-0.05, 0) is 42.7 Å². The minimum absolute atomic E-state index is 0.175. The predicted molar refractivity (Wildman–Crippen MR) is 98.3 cm³/mol. The lowest BCUT2D eigenvalue weighted by Crippen LogP contribution is -2.13. The molecule has 3 aromatic rings. The zero-order chi connectivity index (χ0) is 17.2. The lowest BCUT2D eigenvalue weighted by atomic mass is 10.00. The molecule has 25 heavy (non-hydrogen) atoms. The van der Waals surface area contributed by atoms with Crippen molar-refractivity contribution in [2.75, 3.05) is 0 Å². The van der Waals surface area contributed by atoms with Crippen LogP contribution in [-0.2, 0) is 11.2 Å². The molecule has 1 amide bonds. The number of hydrogen-bond donors (Lipinski definition) is 3. The van der Waals surface area contributed by atoms with Crippen LogP contribution in [0.4, 0.5) is 0 Å². The molecule has 0 aliphatic carbocycles. The molecule has 0 spiro atoms. The van der Waals surface area contributed by atoms with Gasteiger partial charge >= 0.3 is 0 Å². The molecule has 1 aliphatic heterocycles. The number of amides is 1. The summed E-state index contributed by atoms with van der Waals surface area (Å²) in [5.74, 6) is 0.0738. The average Bonchev–Trinajstić information content (AvgIpc) is 3.20. The van der Waals surface area contributed by atoms with Crippen molar-refractivity contribution >= 4 is 28.6 Å². The van der Waals surface area contributed by atoms with Gasteiger partial charge in [0.15, 0.2) is 0 Å². The van der Waals surface area contributed by atoms with Gasteiger partial charge in [-0.15, -0.1) is 0 Å². The Balaban J connectivity index is 1.58. The topological polar surface area (TPSA) is 77.5 Å². The molecule has 0 unspecified atom stereocenters. The summed E-state index contributed by atoms with van der Waals surface area (Å²) >= 11 is 0. The molecule has 4 rings (SSSR count). The quantitative estimate of drug-likeness (QED) is 0.641. The van der Waals surface area contributed by atoms with Gasteiger partial charge in [-0.3, -0.25) is 4.79 Å². The normalized spacial score (nSPS) is 15.6. The van der Waals surface area contributed by atoms with E-state index in [0.29, 0.717) is 12.0 Å². The van der Waals surface area contributed by atoms with Crippen LogP contribution in [0.1, 0.15) is 17.5 Å². The summed E-state index contributed by atoms with van der Waals surface area (Å²) in [7, 11) is 0. The Bertz CT molecular complexity index is 997. The fraction of sp³-hybridized carbons (Fsp3) is 0.100. The van der Waals surface area contributed by atoms with Gasteiger partial charge in [-0.1, -0.05) is 30.3 Å². The Hall–Kier alpha value is -3.34. The fourth-order valence-electron chi connectivity index (χ4n) is 3.00. The van der Waals surface area contributed by atoms with Crippen LogP contribution in [0, 0.1) is 0 Å². The molecule has 124 valence electrons. The molecule has 3 N–H and O–H groups in total. The highest BCUT2D eigenvalue weighted by Crippen LogP contribution is 2.23. The van der Waals surface area contributed by atoms with Gasteiger partial charge in [0.1, 0.15) is 5.75 Å². The third-order valence-electron chi connectivity index (χ3n) is 4.36. The monoisotopic (exact) mass is 331 g/mol. The van der Waals surface area contributed by atoms with E-state index >= 15 is 0 Å². The van der Waals surface area contributed by atoms with Crippen molar-refractivity contribution in [1.29, 1.82) is 0 Å². The average molecular weight is 331 g/mol. The number of hydrogen-bond acceptors (Lipinski definition) is 3. The van der Waals surface area contributed by atoms with Crippen molar-refractivity contribution in [1.82, 2.24) is 10.4 Å². The Morgan fingerprint density at radius 3 is 2.68 bits per heavy atom. The van der Waals surface area contributed by atoms with Gasteiger partial charge in [0, 0.05) is 22.7 Å². The van der Waals surface area contributed by atoms with E-state index in [2.05, 4.69) is 15.5 Å². The van der Waals surface area contributed by atoms with Crippen LogP contribution in [-0.4, -0.2) is 21.7 Å². The van der Waals surface area contributed by atoms with E-state index in [0.717, 1.165) is 34.2 Å². The summed E-state index contributed by atoms with van der Waals surface area (Å²) in [6.45, 7) is 0. The Morgan fingerprint density at radius 2 is 1.84 bits per heavy atom. The van der Waals surface area contributed by atoms with Gasteiger partial charge in [0.05, 0.1) is 11.3 Å². The molecular formula is C20H17N3O2. The molecule has 2 heterocycles. The number of benzene rings is 2. The van der Waals surface area contributed by atoms with Gasteiger partial charge < -0.3 is 10.1 Å². The Morgan fingerprint density at radius 1 is 1.04 bits per heavy atom. The van der Waals surface area contributed by atoms with Crippen molar-refractivity contribution in [3.05, 3.63) is 71.4 Å². The van der Waals surface area contributed by atoms with Crippen LogP contribution in [0.15, 0.2) is 65.4 Å². The molecule has 0 saturated heterocycles. The molecule has 0 radical (unpaired) electrons. The highest BCUT2D eigenvalue weighted by molar-refractivity contribution is 6.28. The molecule has 5 heteroatoms. The number of nitrogens with one attached hydrogen (secondary N) is 2. The molecule has 5 nitrogen and oxygen atoms in total. The number of fused-ring (bicyclic) bond motifs is 1. The van der Waals surface area contributed by atoms with Crippen molar-refractivity contribution < 1.29 is 9.90 Å². The number of nitrogens with zero attached hydrogens (tertiary/aromatic N) is 1. The fourth-order valence-corrected chi connectivity index (χ4v) is 3.00. The predicted octanol–water partition coefficient (Wildman–Crippen LogP) is 3.38. The van der Waals surface area contributed by atoms with Crippen LogP contribution < -0.4 is 5.43 Å². The number of carbonyl (C=O) groups excluding carboxylic acids is 1. The number of carbonyl (C=O) groups is 1. The lowest BCUT2D eigenvalue weighted by molar-refractivity contribution is -0.116. The first-order valence-corrected chi connectivity index (χ1v) is 8.14. The first kappa shape index (κ1) is 15.2. The Kier molecular flexibility index (Phi) is 3.82. The minimum atomic E-state index is -0.175. The van der Waals surface area contributed by atoms with Crippen molar-refractivity contribution in [2.24, 2.45) is 5.10 Å². The second kappa shape index (κ2) is 6.28. The maximum absolute atomic E-state index is 12.2. The number of para-hydroxylation sites is 1. The smallest absolute Gasteiger partial charge is 0.273 e. The molecule has 1 aliphatic rings. The van der Waals surface area contributed by atoms with Gasteiger partial charge in [-0.2, -0.15) is 5.10 Å². The second-order valence-electron chi connectivity index (χ2n) is 6.01. The van der Waals surface area contributed by atoms with E-state index in [9.17, 15) is 9.90 Å². The maximum Gasteiger partial charge on any atom is 0.273 e. The van der Waals surface area contributed by atoms with E-state index < -0.39 is 0 Å². The van der Waals surface area contributed by atoms with Crippen molar-refractivity contribution in [3.63, 3.8) is 0 Å². The number of hydrazone groups is 1. The second-order valence-corrected chi connectivity index (χ2v) is 6.01. The maximum atomic E-state index is 12.2. The van der Waals surface area contributed by atoms with Crippen LogP contribution in [0.5, 0.6) is 5.75 Å². The Labute approximate surface area is 144 Å². The molecule has 0 saturated carbocycles. The molecule has 0 bridgehead atoms. The first-order chi connectivity index (χ1) is 12.2. The minimum Gasteiger partial charge on any atom is -0.508 e. The van der Waals surface area contributed by atoms with E-state index in [4.69, 9.17) is 0 Å². The highest BCUT2D eigenvalue weighted by atomic mass is 16.3. The van der Waals surface area contributed by atoms with Crippen LogP contribution in [0.25, 0.3) is 17.0 Å². The van der Waals surface area contributed by atoms with Crippen LogP contribution in [0.2, 0.25) is 0 Å². The summed E-state index contributed by atoms with van der Waals surface area (Å²) in [4.78, 5) is 15.4. The number of phenols is 1. The summed E-state index contributed by atoms with van der Waals surface area (Å²) in [5, 5.41) is 14.6. The van der Waals surface area contributed by atoms with Gasteiger partial charge in [0.2, 0.25) is 0 Å². The van der Waals surface area contributed by atoms with Gasteiger partial charge in [0.25, 0.3) is 5.91 Å². The van der Waals surface area contributed by atoms with Gasteiger partial charge in [-0.25, -0.2) is 5.43 Å². The standard InChI is InChI=1S/C20H17N3O2/c24-15-8-5-13(6-9-15)7-10-19-17(20(25)23-22-19)11-14-12-21-18-4-2-1-3-16(14)18/h1-6,8-9,11-12,21,24H,7,10H2,(H,23,25). The van der Waals surface area contributed by atoms with E-state index in [1.54, 1.807) is 12.1 Å². The number of aryl methyl sites for hydroxylation is 1. The van der Waals surface area contributed by atoms with E-state index in [1.807, 2.05) is 48.7 Å². The largest absolute Gasteiger partial charge is 0.508 e. The zero-order valence-corrected chi connectivity index (χ0v) is 13.5. The number of aromatic nitrogens is 1. The molecule has 2 aromatic carbocycles. The number of aromatic amines is 1. The SMILES string of the molecule is O=C1NN=C(CCc2ccc(O)cc2)C1=Cc1c[nH]c2ccccc12. The highest BCUT2D eigenvalue weighted by Gasteiger charge is 2.22. The molecule has 0 fully saturated rings. The van der Waals surface area contributed by atoms with Crippen LogP contribution in [0.3, 0.4) is 0 Å². The lowest BCUT2D eigenvalue weighted by Gasteiger charge is -2.03. The molecule has 0 atom stereocenters. The summed E-state index contributed by atoms with van der Waals surface area (Å²) < 4.78 is 0. The zero-order valence-electron chi connectivity index (χ0n) is 13.5. The van der Waals surface area contributed by atoms with Crippen LogP contribution >= 0.6 is 0 Å². The third kappa shape index (κ3) is 3.04. The van der Waals surface area contributed by atoms with E-state index in [-0.39, 0.29) is 11.7 Å². The number of H-pyrrole nitrogens is 1. The third-order valence-corrected chi connectivity index (χ3v) is 4.36. The summed E-state index contributed by atoms with van der Waals surface area (Å²) in [6, 6.07) is 15.1. The summed E-state index contributed by atoms with van der Waals surface area (Å²) in [6.07, 6.45) is 5.19. The summed E-state index contributed by atoms with van der Waals surface area (Å²) in [5.41, 5.74) is 7.01. The van der Waals surface area contributed by atoms with E-state index in [1.165, 1.54) is 0 Å².